The molecule has 0 fully saturated rings. The molecule has 134 valence electrons. The molecule has 2 aromatic rings. The highest BCUT2D eigenvalue weighted by molar-refractivity contribution is 5.91. The Kier molecular flexibility index (Phi) is 6.51. The van der Waals surface area contributed by atoms with Crippen LogP contribution in [0.15, 0.2) is 42.5 Å². The standard InChI is InChI=1S/C19H25N3O3/c1-22(2)15-7-5-14(6-8-15)21-19(23)11-12-20-17-13-16(24-3)9-10-18(17)25-4/h5-10,13,20H,11-12H2,1-4H3,(H,21,23). The molecule has 0 aromatic heterocycles. The highest BCUT2D eigenvalue weighted by atomic mass is 16.5. The van der Waals surface area contributed by atoms with Gasteiger partial charge >= 0.3 is 0 Å². The number of anilines is 3. The fraction of sp³-hybridized carbons (Fsp3) is 0.316. The van der Waals surface area contributed by atoms with Crippen LogP contribution in [0, 0.1) is 0 Å². The summed E-state index contributed by atoms with van der Waals surface area (Å²) in [6.07, 6.45) is 0.343. The van der Waals surface area contributed by atoms with Gasteiger partial charge in [-0.3, -0.25) is 4.79 Å². The minimum absolute atomic E-state index is 0.0491. The Bertz CT molecular complexity index is 700. The lowest BCUT2D eigenvalue weighted by molar-refractivity contribution is -0.115. The van der Waals surface area contributed by atoms with Crippen molar-refractivity contribution in [2.45, 2.75) is 6.42 Å². The third-order valence-corrected chi connectivity index (χ3v) is 3.74. The zero-order valence-electron chi connectivity index (χ0n) is 15.1. The molecule has 0 aliphatic carbocycles. The first-order valence-corrected chi connectivity index (χ1v) is 8.06. The van der Waals surface area contributed by atoms with Gasteiger partial charge in [-0.25, -0.2) is 0 Å². The number of hydrogen-bond donors (Lipinski definition) is 2. The predicted octanol–water partition coefficient (Wildman–Crippen LogP) is 3.21. The molecule has 2 rings (SSSR count). The number of ether oxygens (including phenoxy) is 2. The summed E-state index contributed by atoms with van der Waals surface area (Å²) in [7, 11) is 7.18. The van der Waals surface area contributed by atoms with Gasteiger partial charge in [0.25, 0.3) is 0 Å². The maximum absolute atomic E-state index is 12.1. The van der Waals surface area contributed by atoms with Crippen LogP contribution in [0.3, 0.4) is 0 Å². The second kappa shape index (κ2) is 8.82. The number of carbonyl (C=O) groups is 1. The molecule has 6 nitrogen and oxygen atoms in total. The minimum Gasteiger partial charge on any atom is -0.497 e. The molecule has 6 heteroatoms. The van der Waals surface area contributed by atoms with E-state index in [0.29, 0.717) is 18.7 Å². The fourth-order valence-corrected chi connectivity index (χ4v) is 2.33. The van der Waals surface area contributed by atoms with Gasteiger partial charge in [-0.15, -0.1) is 0 Å². The summed E-state index contributed by atoms with van der Waals surface area (Å²) in [5, 5.41) is 6.10. The quantitative estimate of drug-likeness (QED) is 0.771. The number of rotatable bonds is 8. The maximum atomic E-state index is 12.1. The van der Waals surface area contributed by atoms with Crippen LogP contribution in [0.1, 0.15) is 6.42 Å². The number of methoxy groups -OCH3 is 2. The molecule has 0 saturated heterocycles. The van der Waals surface area contributed by atoms with E-state index in [4.69, 9.17) is 9.47 Å². The van der Waals surface area contributed by atoms with Crippen molar-refractivity contribution < 1.29 is 14.3 Å². The van der Waals surface area contributed by atoms with Crippen LogP contribution in [0.25, 0.3) is 0 Å². The Labute approximate surface area is 148 Å². The average Bonchev–Trinajstić information content (AvgIpc) is 2.62. The maximum Gasteiger partial charge on any atom is 0.226 e. The van der Waals surface area contributed by atoms with Crippen LogP contribution < -0.4 is 25.0 Å². The molecule has 0 bridgehead atoms. The van der Waals surface area contributed by atoms with Crippen molar-refractivity contribution in [3.05, 3.63) is 42.5 Å². The van der Waals surface area contributed by atoms with Crippen LogP contribution in [-0.4, -0.2) is 40.8 Å². The number of amides is 1. The average molecular weight is 343 g/mol. The number of hydrogen-bond acceptors (Lipinski definition) is 5. The van der Waals surface area contributed by atoms with Gasteiger partial charge < -0.3 is 25.0 Å². The van der Waals surface area contributed by atoms with Crippen LogP contribution in [0.2, 0.25) is 0 Å². The first-order chi connectivity index (χ1) is 12.0. The Morgan fingerprint density at radius 1 is 1.04 bits per heavy atom. The van der Waals surface area contributed by atoms with Gasteiger partial charge in [-0.05, 0) is 36.4 Å². The molecule has 0 aliphatic heterocycles. The molecule has 0 aliphatic rings. The van der Waals surface area contributed by atoms with Gasteiger partial charge in [0.1, 0.15) is 11.5 Å². The van der Waals surface area contributed by atoms with Crippen molar-refractivity contribution >= 4 is 23.0 Å². The lowest BCUT2D eigenvalue weighted by atomic mass is 10.2. The Morgan fingerprint density at radius 3 is 2.36 bits per heavy atom. The number of nitrogens with zero attached hydrogens (tertiary/aromatic N) is 1. The smallest absolute Gasteiger partial charge is 0.226 e. The van der Waals surface area contributed by atoms with Crippen LogP contribution in [-0.2, 0) is 4.79 Å². The Hall–Kier alpha value is -2.89. The molecule has 2 aromatic carbocycles. The van der Waals surface area contributed by atoms with E-state index >= 15 is 0 Å². The molecule has 25 heavy (non-hydrogen) atoms. The minimum atomic E-state index is -0.0491. The van der Waals surface area contributed by atoms with Crippen molar-refractivity contribution in [1.29, 1.82) is 0 Å². The molecule has 1 amide bonds. The summed E-state index contributed by atoms with van der Waals surface area (Å²) in [6.45, 7) is 0.491. The zero-order chi connectivity index (χ0) is 18.2. The molecule has 0 unspecified atom stereocenters. The highest BCUT2D eigenvalue weighted by Crippen LogP contribution is 2.28. The Balaban J connectivity index is 1.86. The lowest BCUT2D eigenvalue weighted by Crippen LogP contribution is -2.16. The topological polar surface area (TPSA) is 62.8 Å². The van der Waals surface area contributed by atoms with Crippen LogP contribution >= 0.6 is 0 Å². The highest BCUT2D eigenvalue weighted by Gasteiger charge is 2.07. The SMILES string of the molecule is COc1ccc(OC)c(NCCC(=O)Nc2ccc(N(C)C)cc2)c1. The second-order valence-corrected chi connectivity index (χ2v) is 5.73. The third-order valence-electron chi connectivity index (χ3n) is 3.74. The van der Waals surface area contributed by atoms with Crippen molar-refractivity contribution in [3.63, 3.8) is 0 Å². The van der Waals surface area contributed by atoms with Gasteiger partial charge in [0, 0.05) is 44.5 Å². The number of nitrogens with one attached hydrogen (secondary N) is 2. The number of carbonyl (C=O) groups excluding carboxylic acids is 1. The van der Waals surface area contributed by atoms with Crippen LogP contribution in [0.4, 0.5) is 17.1 Å². The molecule has 0 saturated carbocycles. The summed E-state index contributed by atoms with van der Waals surface area (Å²) in [5.41, 5.74) is 2.67. The van der Waals surface area contributed by atoms with E-state index in [-0.39, 0.29) is 5.91 Å². The molecule has 0 heterocycles. The van der Waals surface area contributed by atoms with Gasteiger partial charge in [0.15, 0.2) is 0 Å². The Morgan fingerprint density at radius 2 is 1.76 bits per heavy atom. The molecule has 2 N–H and O–H groups in total. The fourth-order valence-electron chi connectivity index (χ4n) is 2.33. The van der Waals surface area contributed by atoms with Crippen molar-refractivity contribution in [3.8, 4) is 11.5 Å². The van der Waals surface area contributed by atoms with Gasteiger partial charge in [0.2, 0.25) is 5.91 Å². The van der Waals surface area contributed by atoms with E-state index in [1.165, 1.54) is 0 Å². The molecular weight excluding hydrogens is 318 g/mol. The van der Waals surface area contributed by atoms with E-state index in [9.17, 15) is 4.79 Å². The van der Waals surface area contributed by atoms with E-state index in [2.05, 4.69) is 10.6 Å². The van der Waals surface area contributed by atoms with E-state index in [1.54, 1.807) is 14.2 Å². The van der Waals surface area contributed by atoms with Crippen molar-refractivity contribution in [1.82, 2.24) is 0 Å². The summed E-state index contributed by atoms with van der Waals surface area (Å²) in [4.78, 5) is 14.1. The van der Waals surface area contributed by atoms with Gasteiger partial charge in [0.05, 0.1) is 19.9 Å². The van der Waals surface area contributed by atoms with E-state index < -0.39 is 0 Å². The summed E-state index contributed by atoms with van der Waals surface area (Å²) in [5.74, 6) is 1.39. The summed E-state index contributed by atoms with van der Waals surface area (Å²) in [6, 6.07) is 13.2. The summed E-state index contributed by atoms with van der Waals surface area (Å²) < 4.78 is 10.5. The molecule has 0 spiro atoms. The first kappa shape index (κ1) is 18.4. The van der Waals surface area contributed by atoms with Crippen LogP contribution in [0.5, 0.6) is 11.5 Å². The number of benzene rings is 2. The second-order valence-electron chi connectivity index (χ2n) is 5.73. The zero-order valence-corrected chi connectivity index (χ0v) is 15.1. The molecular formula is C19H25N3O3. The normalized spacial score (nSPS) is 10.1. The predicted molar refractivity (Wildman–Crippen MR) is 102 cm³/mol. The van der Waals surface area contributed by atoms with Gasteiger partial charge in [-0.1, -0.05) is 0 Å². The monoisotopic (exact) mass is 343 g/mol. The largest absolute Gasteiger partial charge is 0.497 e. The third kappa shape index (κ3) is 5.31. The molecule has 0 radical (unpaired) electrons. The van der Waals surface area contributed by atoms with E-state index in [0.717, 1.165) is 22.8 Å². The summed E-state index contributed by atoms with van der Waals surface area (Å²) >= 11 is 0. The first-order valence-electron chi connectivity index (χ1n) is 8.06. The lowest BCUT2D eigenvalue weighted by Gasteiger charge is -2.14. The van der Waals surface area contributed by atoms with Crippen molar-refractivity contribution in [2.24, 2.45) is 0 Å². The van der Waals surface area contributed by atoms with Crippen molar-refractivity contribution in [2.75, 3.05) is 50.4 Å². The molecule has 0 atom stereocenters. The van der Waals surface area contributed by atoms with E-state index in [1.807, 2.05) is 61.5 Å². The van der Waals surface area contributed by atoms with Gasteiger partial charge in [-0.2, -0.15) is 0 Å².